The monoisotopic (exact) mass is 570 g/mol. The molecule has 0 saturated heterocycles. The Kier molecular flexibility index (Phi) is 7.51. The van der Waals surface area contributed by atoms with E-state index in [2.05, 4.69) is 0 Å². The van der Waals surface area contributed by atoms with Gasteiger partial charge < -0.3 is 9.47 Å². The third-order valence-corrected chi connectivity index (χ3v) is 9.40. The molecular weight excluding hydrogens is 548 g/mol. The Morgan fingerprint density at radius 2 is 1.53 bits per heavy atom. The smallest absolute Gasteiger partial charge is 0.346 e. The number of fused-ring (bicyclic) bond motifs is 1. The van der Waals surface area contributed by atoms with Gasteiger partial charge in [0.05, 0.1) is 39.5 Å². The predicted octanol–water partition coefficient (Wildman–Crippen LogP) is 5.42. The fourth-order valence-electron chi connectivity index (χ4n) is 4.23. The van der Waals surface area contributed by atoms with E-state index < -0.39 is 22.4 Å². The number of hydrogen-bond acceptors (Lipinski definition) is 10. The summed E-state index contributed by atoms with van der Waals surface area (Å²) in [6.45, 7) is 5.50. The first-order valence-electron chi connectivity index (χ1n) is 11.2. The van der Waals surface area contributed by atoms with Crippen molar-refractivity contribution in [3.63, 3.8) is 0 Å². The molecule has 12 heteroatoms. The summed E-state index contributed by atoms with van der Waals surface area (Å²) < 4.78 is 10.4. The molecule has 4 rings (SSSR count). The normalized spacial score (nSPS) is 16.3. The van der Waals surface area contributed by atoms with E-state index in [9.17, 15) is 24.5 Å². The number of anilines is 1. The van der Waals surface area contributed by atoms with E-state index >= 15 is 0 Å². The van der Waals surface area contributed by atoms with Gasteiger partial charge in [-0.3, -0.25) is 19.8 Å². The van der Waals surface area contributed by atoms with Crippen LogP contribution in [0.3, 0.4) is 0 Å². The van der Waals surface area contributed by atoms with Gasteiger partial charge in [0.25, 0.3) is 11.6 Å². The Morgan fingerprint density at radius 1 is 0.974 bits per heavy atom. The van der Waals surface area contributed by atoms with Gasteiger partial charge in [-0.15, -0.1) is 0 Å². The average molecular weight is 571 g/mol. The van der Waals surface area contributed by atoms with Crippen LogP contribution in [0.15, 0.2) is 56.5 Å². The minimum Gasteiger partial charge on any atom is -0.465 e. The number of ether oxygens (including phenoxy) is 2. The van der Waals surface area contributed by atoms with Crippen LogP contribution in [0, 0.1) is 17.0 Å². The van der Waals surface area contributed by atoms with Crippen LogP contribution in [-0.4, -0.2) is 47.4 Å². The second-order valence-corrected chi connectivity index (χ2v) is 11.5. The van der Waals surface area contributed by atoms with Crippen LogP contribution in [0.5, 0.6) is 0 Å². The van der Waals surface area contributed by atoms with Crippen molar-refractivity contribution in [1.29, 1.82) is 0 Å². The molecule has 2 aliphatic rings. The Hall–Kier alpha value is -3.48. The number of nitro benzene ring substituents is 1. The van der Waals surface area contributed by atoms with E-state index in [1.807, 2.05) is 39.0 Å². The number of carbonyl (C=O) groups excluding carboxylic acids is 3. The second kappa shape index (κ2) is 10.4. The average Bonchev–Trinajstić information content (AvgIpc) is 3.33. The molecule has 0 fully saturated rings. The van der Waals surface area contributed by atoms with Crippen LogP contribution in [-0.2, 0) is 19.1 Å². The number of para-hydroxylation sites is 1. The minimum atomic E-state index is -1.02. The van der Waals surface area contributed by atoms with Crippen molar-refractivity contribution in [1.82, 2.24) is 0 Å². The molecule has 196 valence electrons. The number of esters is 2. The lowest BCUT2D eigenvalue weighted by Gasteiger charge is -2.46. The molecule has 0 unspecified atom stereocenters. The molecule has 9 nitrogen and oxygen atoms in total. The largest absolute Gasteiger partial charge is 0.465 e. The summed E-state index contributed by atoms with van der Waals surface area (Å²) in [4.78, 5) is 51.6. The van der Waals surface area contributed by atoms with Gasteiger partial charge >= 0.3 is 11.9 Å². The molecule has 38 heavy (non-hydrogen) atoms. The van der Waals surface area contributed by atoms with Crippen LogP contribution in [0.4, 0.5) is 11.4 Å². The van der Waals surface area contributed by atoms with Gasteiger partial charge in [-0.25, -0.2) is 9.59 Å². The highest BCUT2D eigenvalue weighted by Gasteiger charge is 2.46. The summed E-state index contributed by atoms with van der Waals surface area (Å²) >= 11 is 8.12. The standard InChI is InChI=1S/C26H22N2O7S3/c1-13-7-6-8-16-17(25-37-19(23(30)34-4)20(38-25)24(31)35-5)21(36)26(2,3)27(18(13)16)22(29)14-9-11-15(12-10-14)28(32)33/h6-12H,1-5H3. The van der Waals surface area contributed by atoms with Crippen molar-refractivity contribution in [2.45, 2.75) is 26.3 Å². The number of nitrogens with zero attached hydrogens (tertiary/aromatic N) is 2. The van der Waals surface area contributed by atoms with Gasteiger partial charge in [0.15, 0.2) is 0 Å². The molecule has 1 amide bonds. The number of rotatable bonds is 4. The van der Waals surface area contributed by atoms with Crippen LogP contribution in [0.1, 0.15) is 35.3 Å². The molecule has 0 radical (unpaired) electrons. The summed E-state index contributed by atoms with van der Waals surface area (Å²) in [5, 5.41) is 11.1. The topological polar surface area (TPSA) is 116 Å². The Bertz CT molecular complexity index is 1450. The molecular formula is C26H22N2O7S3. The summed E-state index contributed by atoms with van der Waals surface area (Å²) in [6.07, 6.45) is 0. The maximum Gasteiger partial charge on any atom is 0.346 e. The van der Waals surface area contributed by atoms with Crippen LogP contribution in [0.25, 0.3) is 5.57 Å². The van der Waals surface area contributed by atoms with Crippen molar-refractivity contribution < 1.29 is 28.8 Å². The SMILES string of the molecule is COC(=O)C1=C(C(=O)OC)SC(=C2C(=S)C(C)(C)N(C(=O)c3ccc([N+](=O)[O-])cc3)c3c(C)cccc32)S1. The van der Waals surface area contributed by atoms with Crippen LogP contribution in [0.2, 0.25) is 0 Å². The molecule has 2 heterocycles. The summed E-state index contributed by atoms with van der Waals surface area (Å²) in [5.41, 5.74) is 1.84. The maximum absolute atomic E-state index is 13.9. The van der Waals surface area contributed by atoms with Gasteiger partial charge in [-0.05, 0) is 38.5 Å². The molecule has 0 saturated carbocycles. The summed E-state index contributed by atoms with van der Waals surface area (Å²) in [7, 11) is 2.46. The molecule has 0 aromatic heterocycles. The highest BCUT2D eigenvalue weighted by molar-refractivity contribution is 8.29. The Balaban J connectivity index is 1.89. The number of carbonyl (C=O) groups is 3. The zero-order chi connectivity index (χ0) is 27.9. The first-order valence-corrected chi connectivity index (χ1v) is 13.2. The predicted molar refractivity (Wildman–Crippen MR) is 151 cm³/mol. The summed E-state index contributed by atoms with van der Waals surface area (Å²) in [6, 6.07) is 11.0. The third kappa shape index (κ3) is 4.52. The van der Waals surface area contributed by atoms with E-state index in [1.165, 1.54) is 38.5 Å². The fourth-order valence-corrected chi connectivity index (χ4v) is 7.27. The maximum atomic E-state index is 13.9. The fraction of sp³-hybridized carbons (Fsp3) is 0.231. The van der Waals surface area contributed by atoms with Gasteiger partial charge in [0, 0.05) is 28.8 Å². The van der Waals surface area contributed by atoms with Crippen LogP contribution >= 0.6 is 35.7 Å². The number of benzene rings is 2. The van der Waals surface area contributed by atoms with Crippen LogP contribution < -0.4 is 4.90 Å². The lowest BCUT2D eigenvalue weighted by atomic mass is 9.81. The van der Waals surface area contributed by atoms with Gasteiger partial charge in [-0.2, -0.15) is 0 Å². The molecule has 2 aromatic carbocycles. The lowest BCUT2D eigenvalue weighted by molar-refractivity contribution is -0.384. The molecule has 0 bridgehead atoms. The molecule has 2 aromatic rings. The zero-order valence-electron chi connectivity index (χ0n) is 21.0. The van der Waals surface area contributed by atoms with Crippen molar-refractivity contribution in [2.75, 3.05) is 19.1 Å². The lowest BCUT2D eigenvalue weighted by Crippen LogP contribution is -2.56. The molecule has 0 spiro atoms. The van der Waals surface area contributed by atoms with Gasteiger partial charge in [0.2, 0.25) is 0 Å². The first-order chi connectivity index (χ1) is 17.9. The van der Waals surface area contributed by atoms with Gasteiger partial charge in [0.1, 0.15) is 9.81 Å². The summed E-state index contributed by atoms with van der Waals surface area (Å²) in [5.74, 6) is -1.71. The Labute approximate surface area is 232 Å². The van der Waals surface area contributed by atoms with E-state index in [1.54, 1.807) is 4.90 Å². The number of methoxy groups -OCH3 is 2. The Morgan fingerprint density at radius 3 is 2.03 bits per heavy atom. The number of thioether (sulfide) groups is 2. The number of hydrogen-bond donors (Lipinski definition) is 0. The van der Waals surface area contributed by atoms with E-state index in [4.69, 9.17) is 21.7 Å². The van der Waals surface area contributed by atoms with E-state index in [0.717, 1.165) is 29.1 Å². The second-order valence-electron chi connectivity index (χ2n) is 8.81. The molecule has 0 atom stereocenters. The minimum absolute atomic E-state index is 0.103. The molecule has 0 N–H and O–H groups in total. The van der Waals surface area contributed by atoms with E-state index in [0.29, 0.717) is 25.9 Å². The zero-order valence-corrected chi connectivity index (χ0v) is 23.5. The number of aryl methyl sites for hydroxylation is 1. The third-order valence-electron chi connectivity index (χ3n) is 6.14. The number of nitro groups is 1. The number of amides is 1. The van der Waals surface area contributed by atoms with Crippen molar-refractivity contribution in [3.8, 4) is 0 Å². The number of non-ortho nitro benzene ring substituents is 1. The molecule has 0 aliphatic carbocycles. The van der Waals surface area contributed by atoms with E-state index in [-0.39, 0.29) is 27.0 Å². The number of thiocarbonyl (C=S) groups is 1. The first kappa shape index (κ1) is 27.6. The highest BCUT2D eigenvalue weighted by Crippen LogP contribution is 2.56. The molecule has 2 aliphatic heterocycles. The van der Waals surface area contributed by atoms with Crippen molar-refractivity contribution >= 4 is 75.4 Å². The highest BCUT2D eigenvalue weighted by atomic mass is 32.2. The van der Waals surface area contributed by atoms with Crippen molar-refractivity contribution in [2.24, 2.45) is 0 Å². The quantitative estimate of drug-likeness (QED) is 0.155. The van der Waals surface area contributed by atoms with Gasteiger partial charge in [-0.1, -0.05) is 53.9 Å². The van der Waals surface area contributed by atoms with Crippen molar-refractivity contribution in [3.05, 3.63) is 83.3 Å².